The van der Waals surface area contributed by atoms with Gasteiger partial charge in [0.2, 0.25) is 2.86 Å². The maximum Gasteiger partial charge on any atom is 0.211 e. The Bertz CT molecular complexity index is 321. The van der Waals surface area contributed by atoms with Crippen molar-refractivity contribution in [3.8, 4) is 0 Å². The van der Waals surface area contributed by atoms with Gasteiger partial charge in [-0.15, -0.1) is 0 Å². The molecule has 2 aliphatic heterocycles. The van der Waals surface area contributed by atoms with Gasteiger partial charge < -0.3 is 19.7 Å². The third-order valence-corrected chi connectivity index (χ3v) is 3.75. The standard InChI is InChI=1S/C11H20O4/c1-6-7-8(12)11(14-6,9(2,3)13)10(4,5)15-7/h6-8,12-13H,1-5H3/t6-,7-,8-,11-/m0/s1/i12T,13T. The molecular weight excluding hydrogens is 196 g/mol. The second-order valence-corrected chi connectivity index (χ2v) is 5.58. The molecule has 2 bridgehead atoms. The monoisotopic (exact) mass is 220 g/mol. The van der Waals surface area contributed by atoms with E-state index < -0.39 is 22.9 Å². The zero-order chi connectivity index (χ0) is 13.1. The Balaban J connectivity index is 2.52. The third-order valence-electron chi connectivity index (χ3n) is 3.75. The Kier molecular flexibility index (Phi) is 1.63. The van der Waals surface area contributed by atoms with Crippen molar-refractivity contribution in [2.24, 2.45) is 0 Å². The lowest BCUT2D eigenvalue weighted by Gasteiger charge is -2.49. The normalized spacial score (nSPS) is 50.3. The van der Waals surface area contributed by atoms with Crippen LogP contribution in [0.1, 0.15) is 34.6 Å². The number of ether oxygens (including phenoxy) is 2. The molecule has 2 fully saturated rings. The molecule has 4 heteroatoms. The van der Waals surface area contributed by atoms with Gasteiger partial charge in [-0.1, -0.05) is 0 Å². The van der Waals surface area contributed by atoms with E-state index in [0.29, 0.717) is 0 Å². The van der Waals surface area contributed by atoms with Crippen molar-refractivity contribution in [3.63, 3.8) is 0 Å². The Morgan fingerprint density at radius 2 is 2.00 bits per heavy atom. The number of rotatable bonds is 3. The topological polar surface area (TPSA) is 58.9 Å². The summed E-state index contributed by atoms with van der Waals surface area (Å²) in [5.74, 6) is 0. The molecule has 0 amide bonds. The van der Waals surface area contributed by atoms with Crippen molar-refractivity contribution in [2.75, 3.05) is 0 Å². The molecule has 4 atom stereocenters. The fourth-order valence-electron chi connectivity index (χ4n) is 3.18. The predicted octanol–water partition coefficient (Wildman–Crippen LogP) is 0.453. The lowest BCUT2D eigenvalue weighted by Crippen LogP contribution is -2.66. The maximum atomic E-state index is 7.27. The molecule has 0 aromatic heterocycles. The van der Waals surface area contributed by atoms with Crippen molar-refractivity contribution in [1.29, 1.82) is 2.86 Å². The van der Waals surface area contributed by atoms with Gasteiger partial charge in [0.05, 0.1) is 17.3 Å². The van der Waals surface area contributed by atoms with Gasteiger partial charge in [0.15, 0.2) is 5.60 Å². The lowest BCUT2D eigenvalue weighted by atomic mass is 9.72. The molecule has 2 rings (SSSR count). The smallest absolute Gasteiger partial charge is 0.211 e. The van der Waals surface area contributed by atoms with Crippen molar-refractivity contribution in [1.82, 2.24) is 0 Å². The van der Waals surface area contributed by atoms with E-state index in [1.54, 1.807) is 13.8 Å². The molecule has 0 unspecified atom stereocenters. The summed E-state index contributed by atoms with van der Waals surface area (Å²) in [4.78, 5) is 0. The highest BCUT2D eigenvalue weighted by Crippen LogP contribution is 2.55. The SMILES string of the molecule is [3H]O[C@H]1[C@H]2OC(C)(C)[C@]1(C(C)(C)O[3H])O[C@H]2C. The van der Waals surface area contributed by atoms with Crippen LogP contribution in [0.15, 0.2) is 0 Å². The molecule has 0 aromatic rings. The Labute approximate surface area is 93.2 Å². The molecule has 0 aromatic carbocycles. The van der Waals surface area contributed by atoms with E-state index in [1.165, 1.54) is 0 Å². The van der Waals surface area contributed by atoms with Gasteiger partial charge in [0.1, 0.15) is 12.2 Å². The van der Waals surface area contributed by atoms with Crippen LogP contribution in [0.4, 0.5) is 0 Å². The first-order chi connectivity index (χ1) is 7.73. The van der Waals surface area contributed by atoms with Crippen molar-refractivity contribution in [2.45, 2.75) is 69.7 Å². The van der Waals surface area contributed by atoms with Gasteiger partial charge >= 0.3 is 0 Å². The molecule has 0 radical (unpaired) electrons. The summed E-state index contributed by atoms with van der Waals surface area (Å²) in [7, 11) is 0. The molecule has 4 nitrogen and oxygen atoms in total. The first-order valence-electron chi connectivity index (χ1n) is 6.17. The molecule has 15 heavy (non-hydrogen) atoms. The molecule has 2 aliphatic rings. The van der Waals surface area contributed by atoms with Crippen LogP contribution in [-0.4, -0.2) is 48.2 Å². The summed E-state index contributed by atoms with van der Waals surface area (Å²) < 4.78 is 26.5. The van der Waals surface area contributed by atoms with Gasteiger partial charge in [-0.3, -0.25) is 0 Å². The summed E-state index contributed by atoms with van der Waals surface area (Å²) in [5.41, 5.74) is -2.55. The highest BCUT2D eigenvalue weighted by atomic mass is 16.7. The first-order valence-corrected chi connectivity index (χ1v) is 5.35. The molecule has 2 N–H and O–H groups in total. The zero-order valence-electron chi connectivity index (χ0n) is 11.9. The van der Waals surface area contributed by atoms with E-state index in [0.717, 1.165) is 0 Å². The van der Waals surface area contributed by atoms with Crippen LogP contribution >= 0.6 is 0 Å². The van der Waals surface area contributed by atoms with E-state index in [2.05, 4.69) is 0 Å². The van der Waals surface area contributed by atoms with Crippen LogP contribution in [-0.2, 0) is 9.47 Å². The van der Waals surface area contributed by atoms with E-state index >= 15 is 0 Å². The molecule has 2 heterocycles. The van der Waals surface area contributed by atoms with Gasteiger partial charge in [-0.25, -0.2) is 0 Å². The Morgan fingerprint density at radius 3 is 2.53 bits per heavy atom. The highest BCUT2D eigenvalue weighted by Gasteiger charge is 2.74. The summed E-state index contributed by atoms with van der Waals surface area (Å²) in [5, 5.41) is 9.67. The molecule has 88 valence electrons. The van der Waals surface area contributed by atoms with Gasteiger partial charge in [0, 0.05) is 0 Å². The second-order valence-electron chi connectivity index (χ2n) is 5.58. The minimum atomic E-state index is -0.951. The van der Waals surface area contributed by atoms with E-state index in [-0.39, 0.29) is 12.2 Å². The van der Waals surface area contributed by atoms with E-state index in [9.17, 15) is 0 Å². The molecule has 0 saturated carbocycles. The van der Waals surface area contributed by atoms with Crippen LogP contribution in [0, 0.1) is 0 Å². The predicted molar refractivity (Wildman–Crippen MR) is 54.5 cm³/mol. The average Bonchev–Trinajstić information content (AvgIpc) is 2.64. The number of hydrogen-bond donors (Lipinski definition) is 2. The number of aliphatic hydroxyl groups excluding tert-OH is 1. The fraction of sp³-hybridized carbons (Fsp3) is 1.00. The van der Waals surface area contributed by atoms with Gasteiger partial charge in [0.25, 0.3) is 0 Å². The Hall–Kier alpha value is -0.160. The summed E-state index contributed by atoms with van der Waals surface area (Å²) in [6.07, 6.45) is -1.02. The van der Waals surface area contributed by atoms with Crippen molar-refractivity contribution >= 4 is 0 Å². The van der Waals surface area contributed by atoms with Crippen LogP contribution in [0.2, 0.25) is 0 Å². The third kappa shape index (κ3) is 1.11. The van der Waals surface area contributed by atoms with E-state index in [1.807, 2.05) is 20.8 Å². The maximum absolute atomic E-state index is 7.27. The lowest BCUT2D eigenvalue weighted by molar-refractivity contribution is -0.277. The summed E-state index contributed by atoms with van der Waals surface area (Å²) >= 11 is 0. The average molecular weight is 220 g/mol. The molecule has 0 aliphatic carbocycles. The number of aliphatic hydroxyl groups is 2. The summed E-state index contributed by atoms with van der Waals surface area (Å²) in [6.45, 7) is 9.17. The van der Waals surface area contributed by atoms with E-state index in [4.69, 9.17) is 22.6 Å². The van der Waals surface area contributed by atoms with Crippen molar-refractivity contribution in [3.05, 3.63) is 0 Å². The van der Waals surface area contributed by atoms with Crippen LogP contribution in [0.3, 0.4) is 0 Å². The van der Waals surface area contributed by atoms with Crippen LogP contribution < -0.4 is 0 Å². The Morgan fingerprint density at radius 1 is 1.33 bits per heavy atom. The fourth-order valence-corrected chi connectivity index (χ4v) is 3.18. The molecule has 2 saturated heterocycles. The minimum Gasteiger partial charge on any atom is -0.387 e. The molecular formula is C11H20O4. The van der Waals surface area contributed by atoms with Crippen molar-refractivity contribution < 1.29 is 19.7 Å². The number of fused-ring (bicyclic) bond motifs is 2. The summed E-state index contributed by atoms with van der Waals surface area (Å²) in [6, 6.07) is 0. The number of hydrogen-bond acceptors (Lipinski definition) is 4. The van der Waals surface area contributed by atoms with Gasteiger partial charge in [-0.05, 0) is 34.6 Å². The largest absolute Gasteiger partial charge is 0.387 e. The first kappa shape index (κ1) is 8.93. The molecule has 0 spiro atoms. The van der Waals surface area contributed by atoms with Gasteiger partial charge in [-0.2, -0.15) is 0 Å². The quantitative estimate of drug-likeness (QED) is 0.725. The minimum absolute atomic E-state index is 0.173. The van der Waals surface area contributed by atoms with Crippen LogP contribution in [0.5, 0.6) is 0 Å². The second kappa shape index (κ2) is 2.74. The highest BCUT2D eigenvalue weighted by molar-refractivity contribution is 5.22. The zero-order valence-corrected chi connectivity index (χ0v) is 9.87. The van der Waals surface area contributed by atoms with Crippen LogP contribution in [0.25, 0.3) is 0 Å².